The van der Waals surface area contributed by atoms with Crippen molar-refractivity contribution in [1.29, 1.82) is 0 Å². The van der Waals surface area contributed by atoms with E-state index in [0.717, 1.165) is 13.1 Å². The minimum Gasteiger partial charge on any atom is -0.330 e. The average Bonchev–Trinajstić information content (AvgIpc) is 2.14. The van der Waals surface area contributed by atoms with Gasteiger partial charge in [0.2, 0.25) is 0 Å². The molecule has 0 rings (SSSR count). The molecule has 2 heteroatoms. The summed E-state index contributed by atoms with van der Waals surface area (Å²) in [6, 6.07) is 0.653. The summed E-state index contributed by atoms with van der Waals surface area (Å²) in [5.74, 6) is 0.605. The van der Waals surface area contributed by atoms with Crippen LogP contribution in [0.3, 0.4) is 0 Å². The molecule has 0 spiro atoms. The number of nitrogens with two attached hydrogens (primary N) is 1. The summed E-state index contributed by atoms with van der Waals surface area (Å²) in [5.41, 5.74) is 5.54. The SMILES string of the molecule is CCCCCC(C)NCC(C)CN. The molecule has 2 unspecified atom stereocenters. The van der Waals surface area contributed by atoms with Crippen LogP contribution in [-0.4, -0.2) is 19.1 Å². The topological polar surface area (TPSA) is 38.0 Å². The van der Waals surface area contributed by atoms with E-state index in [-0.39, 0.29) is 0 Å². The molecule has 0 amide bonds. The Balaban J connectivity index is 3.24. The fraction of sp³-hybridized carbons (Fsp3) is 1.00. The number of hydrogen-bond donors (Lipinski definition) is 2. The van der Waals surface area contributed by atoms with Gasteiger partial charge < -0.3 is 11.1 Å². The van der Waals surface area contributed by atoms with Crippen molar-refractivity contribution < 1.29 is 0 Å². The van der Waals surface area contributed by atoms with Crippen molar-refractivity contribution in [1.82, 2.24) is 5.32 Å². The van der Waals surface area contributed by atoms with Gasteiger partial charge >= 0.3 is 0 Å². The normalized spacial score (nSPS) is 15.7. The first-order chi connectivity index (χ1) is 6.20. The first-order valence-corrected chi connectivity index (χ1v) is 5.64. The van der Waals surface area contributed by atoms with Crippen LogP contribution in [0.25, 0.3) is 0 Å². The van der Waals surface area contributed by atoms with Gasteiger partial charge in [-0.25, -0.2) is 0 Å². The molecule has 0 aliphatic carbocycles. The van der Waals surface area contributed by atoms with Gasteiger partial charge in [0.1, 0.15) is 0 Å². The number of nitrogens with one attached hydrogen (secondary N) is 1. The Labute approximate surface area is 83.3 Å². The second-order valence-electron chi connectivity index (χ2n) is 4.15. The molecule has 2 atom stereocenters. The molecule has 0 aliphatic rings. The van der Waals surface area contributed by atoms with E-state index in [1.807, 2.05) is 0 Å². The van der Waals surface area contributed by atoms with E-state index in [4.69, 9.17) is 5.73 Å². The predicted molar refractivity (Wildman–Crippen MR) is 59.8 cm³/mol. The molecular weight excluding hydrogens is 160 g/mol. The second kappa shape index (κ2) is 8.52. The van der Waals surface area contributed by atoms with Gasteiger partial charge in [0, 0.05) is 6.04 Å². The Hall–Kier alpha value is -0.0800. The molecule has 0 aromatic rings. The summed E-state index contributed by atoms with van der Waals surface area (Å²) >= 11 is 0. The molecule has 0 heterocycles. The van der Waals surface area contributed by atoms with E-state index in [0.29, 0.717) is 12.0 Å². The minimum absolute atomic E-state index is 0.605. The van der Waals surface area contributed by atoms with Gasteiger partial charge in [-0.15, -0.1) is 0 Å². The van der Waals surface area contributed by atoms with Gasteiger partial charge in [0.25, 0.3) is 0 Å². The fourth-order valence-corrected chi connectivity index (χ4v) is 1.29. The average molecular weight is 186 g/mol. The summed E-state index contributed by atoms with van der Waals surface area (Å²) in [7, 11) is 0. The zero-order valence-electron chi connectivity index (χ0n) is 9.47. The van der Waals surface area contributed by atoms with E-state index >= 15 is 0 Å². The van der Waals surface area contributed by atoms with Gasteiger partial charge in [-0.3, -0.25) is 0 Å². The number of rotatable bonds is 8. The maximum Gasteiger partial charge on any atom is 0.00388 e. The van der Waals surface area contributed by atoms with Gasteiger partial charge in [0.05, 0.1) is 0 Å². The third kappa shape index (κ3) is 8.26. The van der Waals surface area contributed by atoms with Crippen LogP contribution in [0.15, 0.2) is 0 Å². The zero-order chi connectivity index (χ0) is 10.1. The molecule has 0 saturated heterocycles. The summed E-state index contributed by atoms with van der Waals surface area (Å²) in [6.07, 6.45) is 5.32. The van der Waals surface area contributed by atoms with Crippen LogP contribution >= 0.6 is 0 Å². The van der Waals surface area contributed by atoms with Crippen molar-refractivity contribution in [3.05, 3.63) is 0 Å². The Bertz CT molecular complexity index is 104. The predicted octanol–water partition coefficient (Wildman–Crippen LogP) is 2.14. The smallest absolute Gasteiger partial charge is 0.00388 e. The Morgan fingerprint density at radius 3 is 2.46 bits per heavy atom. The summed E-state index contributed by atoms with van der Waals surface area (Å²) < 4.78 is 0. The molecule has 0 radical (unpaired) electrons. The summed E-state index contributed by atoms with van der Waals surface area (Å²) in [5, 5.41) is 3.51. The molecule has 13 heavy (non-hydrogen) atoms. The van der Waals surface area contributed by atoms with E-state index in [1.165, 1.54) is 25.7 Å². The van der Waals surface area contributed by atoms with Crippen molar-refractivity contribution in [3.63, 3.8) is 0 Å². The van der Waals surface area contributed by atoms with Gasteiger partial charge in [-0.2, -0.15) is 0 Å². The quantitative estimate of drug-likeness (QED) is 0.570. The van der Waals surface area contributed by atoms with Crippen molar-refractivity contribution >= 4 is 0 Å². The number of hydrogen-bond acceptors (Lipinski definition) is 2. The lowest BCUT2D eigenvalue weighted by Gasteiger charge is -2.16. The van der Waals surface area contributed by atoms with Crippen LogP contribution in [0.2, 0.25) is 0 Å². The van der Waals surface area contributed by atoms with Crippen molar-refractivity contribution in [2.45, 2.75) is 52.5 Å². The van der Waals surface area contributed by atoms with Crippen LogP contribution < -0.4 is 11.1 Å². The highest BCUT2D eigenvalue weighted by Crippen LogP contribution is 2.03. The molecule has 0 saturated carbocycles. The molecule has 3 N–H and O–H groups in total. The maximum atomic E-state index is 5.54. The highest BCUT2D eigenvalue weighted by Gasteiger charge is 2.03. The van der Waals surface area contributed by atoms with Crippen LogP contribution in [0.4, 0.5) is 0 Å². The summed E-state index contributed by atoms with van der Waals surface area (Å²) in [6.45, 7) is 8.54. The first-order valence-electron chi connectivity index (χ1n) is 5.64. The third-order valence-corrected chi connectivity index (χ3v) is 2.46. The van der Waals surface area contributed by atoms with Crippen LogP contribution in [0.5, 0.6) is 0 Å². The van der Waals surface area contributed by atoms with Crippen LogP contribution in [0.1, 0.15) is 46.5 Å². The van der Waals surface area contributed by atoms with E-state index in [9.17, 15) is 0 Å². The first kappa shape index (κ1) is 12.9. The molecule has 0 aromatic heterocycles. The molecule has 0 aromatic carbocycles. The molecular formula is C11H26N2. The third-order valence-electron chi connectivity index (χ3n) is 2.46. The molecule has 0 fully saturated rings. The van der Waals surface area contributed by atoms with Crippen molar-refractivity contribution in [2.75, 3.05) is 13.1 Å². The molecule has 2 nitrogen and oxygen atoms in total. The maximum absolute atomic E-state index is 5.54. The lowest BCUT2D eigenvalue weighted by Crippen LogP contribution is -2.32. The number of unbranched alkanes of at least 4 members (excludes halogenated alkanes) is 2. The van der Waals surface area contributed by atoms with E-state index in [2.05, 4.69) is 26.1 Å². The summed E-state index contributed by atoms with van der Waals surface area (Å²) in [4.78, 5) is 0. The van der Waals surface area contributed by atoms with Gasteiger partial charge in [-0.1, -0.05) is 33.1 Å². The van der Waals surface area contributed by atoms with Crippen molar-refractivity contribution in [2.24, 2.45) is 11.7 Å². The van der Waals surface area contributed by atoms with Crippen LogP contribution in [-0.2, 0) is 0 Å². The minimum atomic E-state index is 0.605. The fourth-order valence-electron chi connectivity index (χ4n) is 1.29. The Morgan fingerprint density at radius 1 is 1.23 bits per heavy atom. The Morgan fingerprint density at radius 2 is 1.92 bits per heavy atom. The monoisotopic (exact) mass is 186 g/mol. The van der Waals surface area contributed by atoms with E-state index in [1.54, 1.807) is 0 Å². The Kier molecular flexibility index (Phi) is 8.46. The lowest BCUT2D eigenvalue weighted by atomic mass is 10.1. The largest absolute Gasteiger partial charge is 0.330 e. The standard InChI is InChI=1S/C11H26N2/c1-4-5-6-7-11(3)13-9-10(2)8-12/h10-11,13H,4-9,12H2,1-3H3. The lowest BCUT2D eigenvalue weighted by molar-refractivity contribution is 0.438. The zero-order valence-corrected chi connectivity index (χ0v) is 9.47. The van der Waals surface area contributed by atoms with Gasteiger partial charge in [-0.05, 0) is 32.4 Å². The molecule has 0 bridgehead atoms. The molecule has 80 valence electrons. The molecule has 0 aliphatic heterocycles. The second-order valence-corrected chi connectivity index (χ2v) is 4.15. The van der Waals surface area contributed by atoms with Gasteiger partial charge in [0.15, 0.2) is 0 Å². The highest BCUT2D eigenvalue weighted by atomic mass is 14.9. The highest BCUT2D eigenvalue weighted by molar-refractivity contribution is 4.64. The van der Waals surface area contributed by atoms with Crippen LogP contribution in [0, 0.1) is 5.92 Å². The van der Waals surface area contributed by atoms with Crippen molar-refractivity contribution in [3.8, 4) is 0 Å². The van der Waals surface area contributed by atoms with E-state index < -0.39 is 0 Å².